The second-order valence-electron chi connectivity index (χ2n) is 7.50. The zero-order valence-corrected chi connectivity index (χ0v) is 20.8. The second kappa shape index (κ2) is 9.38. The van der Waals surface area contributed by atoms with E-state index in [0.29, 0.717) is 16.7 Å². The molecule has 1 N–H and O–H groups in total. The van der Waals surface area contributed by atoms with Crippen LogP contribution in [0.1, 0.15) is 29.4 Å². The van der Waals surface area contributed by atoms with Gasteiger partial charge in [-0.2, -0.15) is 0 Å². The van der Waals surface area contributed by atoms with Gasteiger partial charge in [-0.15, -0.1) is 0 Å². The van der Waals surface area contributed by atoms with E-state index in [0.717, 1.165) is 44.1 Å². The highest BCUT2D eigenvalue weighted by Crippen LogP contribution is 2.32. The molecule has 1 aromatic heterocycles. The molecule has 3 aromatic rings. The normalized spacial score (nSPS) is 16.1. The molecule has 164 valence electrons. The maximum absolute atomic E-state index is 12.6. The number of amides is 1. The Balaban J connectivity index is 1.61. The maximum Gasteiger partial charge on any atom is 0.264 e. The number of aromatic nitrogens is 1. The van der Waals surface area contributed by atoms with Crippen molar-refractivity contribution in [1.82, 2.24) is 9.88 Å². The fourth-order valence-electron chi connectivity index (χ4n) is 3.66. The van der Waals surface area contributed by atoms with E-state index in [-0.39, 0.29) is 5.91 Å². The van der Waals surface area contributed by atoms with Gasteiger partial charge >= 0.3 is 0 Å². The number of nitrogens with one attached hydrogen (secondary N) is 1. The summed E-state index contributed by atoms with van der Waals surface area (Å²) in [5.41, 5.74) is 6.12. The molecule has 0 aliphatic carbocycles. The Bertz CT molecular complexity index is 1240. The summed E-state index contributed by atoms with van der Waals surface area (Å²) in [5.74, 6) is 0.724. The van der Waals surface area contributed by atoms with Gasteiger partial charge in [0.15, 0.2) is 5.17 Å². The van der Waals surface area contributed by atoms with Crippen LogP contribution in [0.3, 0.4) is 0 Å². The van der Waals surface area contributed by atoms with Crippen molar-refractivity contribution in [2.45, 2.75) is 27.7 Å². The summed E-state index contributed by atoms with van der Waals surface area (Å²) in [4.78, 5) is 17.8. The molecule has 0 saturated carbocycles. The smallest absolute Gasteiger partial charge is 0.264 e. The van der Waals surface area contributed by atoms with E-state index in [1.54, 1.807) is 0 Å². The van der Waals surface area contributed by atoms with Crippen LogP contribution in [0.25, 0.3) is 11.8 Å². The van der Waals surface area contributed by atoms with Gasteiger partial charge in [0.25, 0.3) is 5.91 Å². The number of hydrogen-bond acceptors (Lipinski definition) is 4. The largest absolute Gasteiger partial charge is 0.494 e. The van der Waals surface area contributed by atoms with Crippen LogP contribution >= 0.6 is 27.7 Å². The van der Waals surface area contributed by atoms with Crippen molar-refractivity contribution in [3.8, 4) is 11.4 Å². The van der Waals surface area contributed by atoms with Gasteiger partial charge in [-0.3, -0.25) is 4.79 Å². The summed E-state index contributed by atoms with van der Waals surface area (Å²) in [6, 6.07) is 16.0. The van der Waals surface area contributed by atoms with E-state index in [4.69, 9.17) is 4.74 Å². The summed E-state index contributed by atoms with van der Waals surface area (Å²) in [5, 5.41) is 3.47. The van der Waals surface area contributed by atoms with E-state index < -0.39 is 0 Å². The minimum absolute atomic E-state index is 0.130. The Kier molecular flexibility index (Phi) is 6.58. The predicted octanol–water partition coefficient (Wildman–Crippen LogP) is 6.46. The fraction of sp³-hybridized carbons (Fsp3) is 0.200. The van der Waals surface area contributed by atoms with Gasteiger partial charge in [0.05, 0.1) is 17.2 Å². The highest BCUT2D eigenvalue weighted by Gasteiger charge is 2.25. The van der Waals surface area contributed by atoms with Gasteiger partial charge in [-0.25, -0.2) is 4.99 Å². The van der Waals surface area contributed by atoms with Gasteiger partial charge in [0, 0.05) is 21.5 Å². The average Bonchev–Trinajstić information content (AvgIpc) is 3.23. The molecule has 5 nitrogen and oxygen atoms in total. The summed E-state index contributed by atoms with van der Waals surface area (Å²) in [7, 11) is 0. The van der Waals surface area contributed by atoms with Crippen molar-refractivity contribution in [3.63, 3.8) is 0 Å². The first-order valence-corrected chi connectivity index (χ1v) is 11.9. The number of hydrogen-bond donors (Lipinski definition) is 1. The zero-order valence-electron chi connectivity index (χ0n) is 18.4. The third-order valence-corrected chi connectivity index (χ3v) is 6.60. The number of benzene rings is 2. The third-order valence-electron chi connectivity index (χ3n) is 5.19. The summed E-state index contributed by atoms with van der Waals surface area (Å²) in [6.07, 6.45) is 1.93. The monoisotopic (exact) mass is 509 g/mol. The molecular formula is C25H24BrN3O2S. The van der Waals surface area contributed by atoms with E-state index in [1.165, 1.54) is 11.8 Å². The lowest BCUT2D eigenvalue weighted by atomic mass is 10.2. The molecule has 32 heavy (non-hydrogen) atoms. The molecule has 1 saturated heterocycles. The first kappa shape index (κ1) is 22.4. The van der Waals surface area contributed by atoms with Crippen LogP contribution in [-0.4, -0.2) is 22.2 Å². The Morgan fingerprint density at radius 1 is 1.12 bits per heavy atom. The molecule has 0 unspecified atom stereocenters. The zero-order chi connectivity index (χ0) is 22.8. The second-order valence-corrected chi connectivity index (χ2v) is 9.45. The van der Waals surface area contributed by atoms with E-state index in [2.05, 4.69) is 50.7 Å². The van der Waals surface area contributed by atoms with Crippen LogP contribution in [-0.2, 0) is 4.79 Å². The lowest BCUT2D eigenvalue weighted by Crippen LogP contribution is -2.19. The number of aliphatic imine (C=N–C) groups is 1. The van der Waals surface area contributed by atoms with Gasteiger partial charge in [-0.05, 0) is 105 Å². The molecule has 2 aromatic carbocycles. The van der Waals surface area contributed by atoms with Crippen molar-refractivity contribution in [2.24, 2.45) is 4.99 Å². The van der Waals surface area contributed by atoms with E-state index in [1.807, 2.05) is 62.4 Å². The highest BCUT2D eigenvalue weighted by molar-refractivity contribution is 9.10. The summed E-state index contributed by atoms with van der Waals surface area (Å²) < 4.78 is 8.73. The minimum atomic E-state index is -0.130. The van der Waals surface area contributed by atoms with E-state index >= 15 is 0 Å². The third kappa shape index (κ3) is 4.69. The molecule has 2 heterocycles. The van der Waals surface area contributed by atoms with Gasteiger partial charge in [0.1, 0.15) is 5.75 Å². The molecule has 1 aliphatic heterocycles. The minimum Gasteiger partial charge on any atom is -0.494 e. The van der Waals surface area contributed by atoms with Crippen molar-refractivity contribution in [2.75, 3.05) is 6.61 Å². The standard InChI is InChI=1S/C25H24BrN3O2S/c1-5-31-21-9-7-20(8-10-21)29-16(3)13-18(17(29)4)14-23-24(30)28-25(32-23)27-22-11-6-19(26)12-15(22)2/h6-14H,5H2,1-4H3,(H,27,28,30)/b23-14-. The van der Waals surface area contributed by atoms with Crippen LogP contribution in [0.2, 0.25) is 0 Å². The van der Waals surface area contributed by atoms with Crippen LogP contribution in [0, 0.1) is 20.8 Å². The van der Waals surface area contributed by atoms with Crippen LogP contribution < -0.4 is 10.1 Å². The highest BCUT2D eigenvalue weighted by atomic mass is 79.9. The molecule has 4 rings (SSSR count). The van der Waals surface area contributed by atoms with Crippen molar-refractivity contribution >= 4 is 50.5 Å². The number of rotatable bonds is 5. The first-order valence-electron chi connectivity index (χ1n) is 10.3. The number of ether oxygens (including phenoxy) is 1. The van der Waals surface area contributed by atoms with E-state index in [9.17, 15) is 4.79 Å². The summed E-state index contributed by atoms with van der Waals surface area (Å²) >= 11 is 4.83. The topological polar surface area (TPSA) is 55.6 Å². The number of amidine groups is 1. The molecule has 7 heteroatoms. The van der Waals surface area contributed by atoms with Gasteiger partial charge < -0.3 is 14.6 Å². The number of aryl methyl sites for hydroxylation is 2. The SMILES string of the molecule is CCOc1ccc(-n2c(C)cc(/C=C3\SC(=Nc4ccc(Br)cc4C)NC3=O)c2C)cc1. The number of thioether (sulfide) groups is 1. The quantitative estimate of drug-likeness (QED) is 0.401. The Labute approximate surface area is 200 Å². The lowest BCUT2D eigenvalue weighted by Gasteiger charge is -2.11. The van der Waals surface area contributed by atoms with Crippen LogP contribution in [0.4, 0.5) is 5.69 Å². The van der Waals surface area contributed by atoms with Crippen molar-refractivity contribution in [3.05, 3.63) is 80.4 Å². The fourth-order valence-corrected chi connectivity index (χ4v) is 4.97. The molecular weight excluding hydrogens is 486 g/mol. The van der Waals surface area contributed by atoms with Gasteiger partial charge in [-0.1, -0.05) is 15.9 Å². The number of carbonyl (C=O) groups is 1. The molecule has 0 atom stereocenters. The molecule has 1 fully saturated rings. The van der Waals surface area contributed by atoms with Crippen LogP contribution in [0.15, 0.2) is 62.9 Å². The molecule has 1 aliphatic rings. The lowest BCUT2D eigenvalue weighted by molar-refractivity contribution is -0.115. The predicted molar refractivity (Wildman–Crippen MR) is 136 cm³/mol. The van der Waals surface area contributed by atoms with Crippen molar-refractivity contribution < 1.29 is 9.53 Å². The van der Waals surface area contributed by atoms with Gasteiger partial charge in [0.2, 0.25) is 0 Å². The maximum atomic E-state index is 12.6. The molecule has 0 radical (unpaired) electrons. The Morgan fingerprint density at radius 3 is 2.56 bits per heavy atom. The first-order chi connectivity index (χ1) is 15.4. The number of nitrogens with zero attached hydrogens (tertiary/aromatic N) is 2. The summed E-state index contributed by atoms with van der Waals surface area (Å²) in [6.45, 7) is 8.74. The van der Waals surface area contributed by atoms with Crippen molar-refractivity contribution in [1.29, 1.82) is 0 Å². The molecule has 1 amide bonds. The molecule has 0 bridgehead atoms. The molecule has 0 spiro atoms. The number of carbonyl (C=O) groups excluding carboxylic acids is 1. The average molecular weight is 510 g/mol. The Hall–Kier alpha value is -2.77. The van der Waals surface area contributed by atoms with Crippen LogP contribution in [0.5, 0.6) is 5.75 Å². The Morgan fingerprint density at radius 2 is 1.88 bits per heavy atom. The number of halogens is 1.